The van der Waals surface area contributed by atoms with Crippen LogP contribution in [0.2, 0.25) is 5.02 Å². The van der Waals surface area contributed by atoms with E-state index >= 15 is 0 Å². The molecule has 0 bridgehead atoms. The molecule has 0 saturated carbocycles. The first-order valence-electron chi connectivity index (χ1n) is 5.96. The van der Waals surface area contributed by atoms with Gasteiger partial charge in [-0.2, -0.15) is 0 Å². The van der Waals surface area contributed by atoms with E-state index in [2.05, 4.69) is 10.2 Å². The van der Waals surface area contributed by atoms with Gasteiger partial charge in [0, 0.05) is 19.2 Å². The van der Waals surface area contributed by atoms with Crippen molar-refractivity contribution in [1.82, 2.24) is 14.8 Å². The van der Waals surface area contributed by atoms with Gasteiger partial charge in [-0.05, 0) is 18.6 Å². The Morgan fingerprint density at radius 2 is 2.16 bits per heavy atom. The molecule has 1 heterocycles. The maximum atomic E-state index is 9.30. The molecule has 0 saturated heterocycles. The molecule has 0 fully saturated rings. The Bertz CT molecular complexity index is 569. The third-order valence-electron chi connectivity index (χ3n) is 2.92. The molecule has 0 spiro atoms. The number of aromatic nitrogens is 3. The molecule has 0 aliphatic rings. The highest BCUT2D eigenvalue weighted by atomic mass is 35.5. The number of aliphatic hydroxyl groups excluding tert-OH is 1. The molecular formula is C13H16ClN3O2. The van der Waals surface area contributed by atoms with Crippen molar-refractivity contribution in [2.75, 3.05) is 13.7 Å². The maximum absolute atomic E-state index is 9.30. The molecule has 1 aromatic heterocycles. The van der Waals surface area contributed by atoms with Crippen LogP contribution in [0.25, 0.3) is 11.4 Å². The lowest BCUT2D eigenvalue weighted by Crippen LogP contribution is -2.10. The molecule has 102 valence electrons. The number of aryl methyl sites for hydroxylation is 1. The molecule has 0 unspecified atom stereocenters. The number of halogens is 1. The van der Waals surface area contributed by atoms with Crippen LogP contribution in [0.1, 0.15) is 11.4 Å². The van der Waals surface area contributed by atoms with Crippen molar-refractivity contribution in [3.05, 3.63) is 34.6 Å². The fourth-order valence-electron chi connectivity index (χ4n) is 1.89. The summed E-state index contributed by atoms with van der Waals surface area (Å²) < 4.78 is 6.89. The van der Waals surface area contributed by atoms with Crippen LogP contribution in [0, 0.1) is 6.92 Å². The van der Waals surface area contributed by atoms with E-state index in [1.54, 1.807) is 7.11 Å². The number of hydrogen-bond acceptors (Lipinski definition) is 4. The highest BCUT2D eigenvalue weighted by molar-refractivity contribution is 6.33. The minimum atomic E-state index is -0.167. The SMILES string of the molecule is COCCn1c(CO)nnc1-c1cccc(C)c1Cl. The summed E-state index contributed by atoms with van der Waals surface area (Å²) in [4.78, 5) is 0. The van der Waals surface area contributed by atoms with Crippen LogP contribution in [0.5, 0.6) is 0 Å². The summed E-state index contributed by atoms with van der Waals surface area (Å²) in [5.74, 6) is 1.15. The Balaban J connectivity index is 2.49. The largest absolute Gasteiger partial charge is 0.388 e. The lowest BCUT2D eigenvalue weighted by molar-refractivity contribution is 0.183. The predicted octanol–water partition coefficient (Wildman–Crippen LogP) is 2.05. The molecule has 6 heteroatoms. The van der Waals surface area contributed by atoms with Gasteiger partial charge in [0.15, 0.2) is 11.6 Å². The van der Waals surface area contributed by atoms with Crippen molar-refractivity contribution in [1.29, 1.82) is 0 Å². The van der Waals surface area contributed by atoms with Gasteiger partial charge in [-0.3, -0.25) is 0 Å². The van der Waals surface area contributed by atoms with E-state index in [1.807, 2.05) is 29.7 Å². The second-order valence-electron chi connectivity index (χ2n) is 4.18. The molecule has 0 radical (unpaired) electrons. The van der Waals surface area contributed by atoms with E-state index in [-0.39, 0.29) is 6.61 Å². The fourth-order valence-corrected chi connectivity index (χ4v) is 2.10. The molecule has 5 nitrogen and oxygen atoms in total. The molecule has 0 amide bonds. The molecule has 1 aromatic carbocycles. The monoisotopic (exact) mass is 281 g/mol. The predicted molar refractivity (Wildman–Crippen MR) is 73.0 cm³/mol. The number of nitrogens with zero attached hydrogens (tertiary/aromatic N) is 3. The van der Waals surface area contributed by atoms with Crippen molar-refractivity contribution in [2.45, 2.75) is 20.1 Å². The van der Waals surface area contributed by atoms with Gasteiger partial charge in [-0.25, -0.2) is 0 Å². The van der Waals surface area contributed by atoms with Crippen LogP contribution >= 0.6 is 11.6 Å². The van der Waals surface area contributed by atoms with Gasteiger partial charge in [-0.1, -0.05) is 23.7 Å². The second kappa shape index (κ2) is 6.14. The van der Waals surface area contributed by atoms with Gasteiger partial charge in [0.25, 0.3) is 0 Å². The van der Waals surface area contributed by atoms with Gasteiger partial charge in [0.05, 0.1) is 11.6 Å². The van der Waals surface area contributed by atoms with E-state index in [1.165, 1.54) is 0 Å². The van der Waals surface area contributed by atoms with Crippen LogP contribution < -0.4 is 0 Å². The summed E-state index contributed by atoms with van der Waals surface area (Å²) >= 11 is 6.31. The van der Waals surface area contributed by atoms with Crippen LogP contribution in [0.3, 0.4) is 0 Å². The second-order valence-corrected chi connectivity index (χ2v) is 4.56. The van der Waals surface area contributed by atoms with Crippen molar-refractivity contribution < 1.29 is 9.84 Å². The number of rotatable bonds is 5. The zero-order valence-corrected chi connectivity index (χ0v) is 11.7. The quantitative estimate of drug-likeness (QED) is 0.911. The maximum Gasteiger partial charge on any atom is 0.165 e. The molecule has 2 aromatic rings. The topological polar surface area (TPSA) is 60.2 Å². The van der Waals surface area contributed by atoms with E-state index in [0.717, 1.165) is 11.1 Å². The molecule has 2 rings (SSSR count). The van der Waals surface area contributed by atoms with E-state index in [4.69, 9.17) is 16.3 Å². The van der Waals surface area contributed by atoms with Crippen LogP contribution in [0.4, 0.5) is 0 Å². The van der Waals surface area contributed by atoms with Gasteiger partial charge >= 0.3 is 0 Å². The molecule has 0 aliphatic heterocycles. The minimum Gasteiger partial charge on any atom is -0.388 e. The number of hydrogen-bond donors (Lipinski definition) is 1. The third-order valence-corrected chi connectivity index (χ3v) is 3.42. The first kappa shape index (κ1) is 14.0. The zero-order valence-electron chi connectivity index (χ0n) is 10.9. The molecule has 19 heavy (non-hydrogen) atoms. The molecule has 0 atom stereocenters. The molecular weight excluding hydrogens is 266 g/mol. The van der Waals surface area contributed by atoms with Crippen LogP contribution in [0.15, 0.2) is 18.2 Å². The first-order chi connectivity index (χ1) is 9.19. The molecule has 0 aliphatic carbocycles. The average molecular weight is 282 g/mol. The van der Waals surface area contributed by atoms with Gasteiger partial charge in [0.1, 0.15) is 6.61 Å². The Morgan fingerprint density at radius 3 is 2.84 bits per heavy atom. The fraction of sp³-hybridized carbons (Fsp3) is 0.385. The highest BCUT2D eigenvalue weighted by Gasteiger charge is 2.16. The Kier molecular flexibility index (Phi) is 4.52. The van der Waals surface area contributed by atoms with E-state index < -0.39 is 0 Å². The summed E-state index contributed by atoms with van der Waals surface area (Å²) in [7, 11) is 1.63. The molecule has 1 N–H and O–H groups in total. The lowest BCUT2D eigenvalue weighted by atomic mass is 10.1. The number of ether oxygens (including phenoxy) is 1. The number of methoxy groups -OCH3 is 1. The summed E-state index contributed by atoms with van der Waals surface area (Å²) in [5.41, 5.74) is 1.79. The first-order valence-corrected chi connectivity index (χ1v) is 6.34. The van der Waals surface area contributed by atoms with Gasteiger partial charge in [0.2, 0.25) is 0 Å². The summed E-state index contributed by atoms with van der Waals surface area (Å²) in [6.07, 6.45) is 0. The Labute approximate surface area is 116 Å². The smallest absolute Gasteiger partial charge is 0.165 e. The minimum absolute atomic E-state index is 0.167. The lowest BCUT2D eigenvalue weighted by Gasteiger charge is -2.10. The zero-order chi connectivity index (χ0) is 13.8. The summed E-state index contributed by atoms with van der Waals surface area (Å²) in [5, 5.41) is 18.1. The Hall–Kier alpha value is -1.43. The van der Waals surface area contributed by atoms with Crippen molar-refractivity contribution in [2.24, 2.45) is 0 Å². The Morgan fingerprint density at radius 1 is 1.37 bits per heavy atom. The van der Waals surface area contributed by atoms with Gasteiger partial charge in [-0.15, -0.1) is 10.2 Å². The summed E-state index contributed by atoms with van der Waals surface area (Å²) in [6.45, 7) is 2.86. The number of aliphatic hydroxyl groups is 1. The normalized spacial score (nSPS) is 10.9. The standard InChI is InChI=1S/C13H16ClN3O2/c1-9-4-3-5-10(12(9)14)13-16-15-11(8-18)17(13)6-7-19-2/h3-5,18H,6-8H2,1-2H3. The van der Waals surface area contributed by atoms with Crippen molar-refractivity contribution >= 4 is 11.6 Å². The number of benzene rings is 1. The van der Waals surface area contributed by atoms with Crippen molar-refractivity contribution in [3.63, 3.8) is 0 Å². The van der Waals surface area contributed by atoms with Crippen LogP contribution in [-0.2, 0) is 17.9 Å². The van der Waals surface area contributed by atoms with Gasteiger partial charge < -0.3 is 14.4 Å². The summed E-state index contributed by atoms with van der Waals surface area (Å²) in [6, 6.07) is 5.75. The third kappa shape index (κ3) is 2.78. The average Bonchev–Trinajstić information content (AvgIpc) is 2.82. The van der Waals surface area contributed by atoms with E-state index in [0.29, 0.717) is 29.8 Å². The van der Waals surface area contributed by atoms with Crippen LogP contribution in [-0.4, -0.2) is 33.6 Å². The highest BCUT2D eigenvalue weighted by Crippen LogP contribution is 2.29. The van der Waals surface area contributed by atoms with E-state index in [9.17, 15) is 5.11 Å². The van der Waals surface area contributed by atoms with Crippen molar-refractivity contribution in [3.8, 4) is 11.4 Å².